The molecule has 6 amide bonds. The fourth-order valence-electron chi connectivity index (χ4n) is 4.30. The Morgan fingerprint density at radius 2 is 0.469 bits per heavy atom. The van der Waals surface area contributed by atoms with Gasteiger partial charge in [0.2, 0.25) is 35.4 Å². The molecule has 43 heteroatoms. The van der Waals surface area contributed by atoms with E-state index in [4.69, 9.17) is 19.9 Å². The monoisotopic (exact) mass is 1070 g/mol. The van der Waals surface area contributed by atoms with Gasteiger partial charge in [-0.3, -0.25) is 60.6 Å². The van der Waals surface area contributed by atoms with Crippen LogP contribution in [0.2, 0.25) is 0 Å². The van der Waals surface area contributed by atoms with Crippen LogP contribution in [0.25, 0.3) is 0 Å². The minimum Gasteiger partial charge on any atom is -0.480 e. The Bertz CT molecular complexity index is 2620. The molecule has 0 saturated heterocycles. The number of nitrogens with two attached hydrogens (primary N) is 1. The van der Waals surface area contributed by atoms with Gasteiger partial charge >= 0.3 is 5.97 Å². The molecule has 372 valence electrons. The Hall–Kier alpha value is -4.38. The van der Waals surface area contributed by atoms with Crippen molar-refractivity contribution in [3.8, 4) is 0 Å². The van der Waals surface area contributed by atoms with Gasteiger partial charge in [0.1, 0.15) is 76.8 Å². The van der Waals surface area contributed by atoms with E-state index in [1.807, 2.05) is 0 Å². The van der Waals surface area contributed by atoms with Gasteiger partial charge in [0, 0.05) is 0 Å². The smallest absolute Gasteiger partial charge is 0.327 e. The highest BCUT2D eigenvalue weighted by molar-refractivity contribution is 7.87. The van der Waals surface area contributed by atoms with Gasteiger partial charge in [0.15, 0.2) is 0 Å². The highest BCUT2D eigenvalue weighted by atomic mass is 32.2. The summed E-state index contributed by atoms with van der Waals surface area (Å²) in [5, 5.41) is 17.3. The van der Waals surface area contributed by atoms with Crippen LogP contribution >= 0.6 is 0 Å². The van der Waals surface area contributed by atoms with E-state index in [0.29, 0.717) is 0 Å². The summed E-state index contributed by atoms with van der Waals surface area (Å²) >= 11 is 0. The number of nitrogens with one attached hydrogen (secondary N) is 6. The largest absolute Gasteiger partial charge is 0.480 e. The second kappa shape index (κ2) is 22.7. The van der Waals surface area contributed by atoms with E-state index < -0.39 is 195 Å². The summed E-state index contributed by atoms with van der Waals surface area (Å²) in [6.45, 7) is 0. The van der Waals surface area contributed by atoms with Crippen LogP contribution in [-0.2, 0) is 104 Å². The van der Waals surface area contributed by atoms with E-state index in [0.717, 1.165) is 0 Å². The maximum absolute atomic E-state index is 13.2. The molecule has 0 heterocycles. The molecule has 0 aliphatic heterocycles. The lowest BCUT2D eigenvalue weighted by Crippen LogP contribution is -2.63. The van der Waals surface area contributed by atoms with Gasteiger partial charge in [-0.1, -0.05) is 0 Å². The predicted octanol–water partition coefficient (Wildman–Crippen LogP) is -11.5. The number of hydrogen-bond donors (Lipinski definition) is 15. The fourth-order valence-corrected chi connectivity index (χ4v) is 8.83. The van der Waals surface area contributed by atoms with Crippen LogP contribution in [-0.4, -0.2) is 220 Å². The molecule has 0 saturated carbocycles. The van der Waals surface area contributed by atoms with E-state index in [-0.39, 0.29) is 0 Å². The summed E-state index contributed by atoms with van der Waals surface area (Å²) in [6, 6.07) is -19.3. The number of amides is 6. The van der Waals surface area contributed by atoms with Gasteiger partial charge in [0.25, 0.3) is 70.8 Å². The van der Waals surface area contributed by atoms with Crippen LogP contribution in [0.3, 0.4) is 0 Å². The summed E-state index contributed by atoms with van der Waals surface area (Å²) < 4.78 is 226. The van der Waals surface area contributed by atoms with Crippen molar-refractivity contribution in [1.82, 2.24) is 31.9 Å². The van der Waals surface area contributed by atoms with Crippen molar-refractivity contribution in [3.63, 3.8) is 0 Å². The number of carbonyl (C=O) groups is 7. The number of carboxylic acids is 1. The third kappa shape index (κ3) is 27.1. The quantitative estimate of drug-likeness (QED) is 0.0340. The Labute approximate surface area is 360 Å². The molecule has 0 bridgehead atoms. The first-order valence-electron chi connectivity index (χ1n) is 15.7. The van der Waals surface area contributed by atoms with Crippen LogP contribution in [0.5, 0.6) is 0 Å². The van der Waals surface area contributed by atoms with E-state index in [9.17, 15) is 115 Å². The molecular weight excluding hydrogens is 1040 g/mol. The zero-order valence-corrected chi connectivity index (χ0v) is 36.8. The van der Waals surface area contributed by atoms with Gasteiger partial charge < -0.3 is 42.7 Å². The normalized spacial score (nSPS) is 16.2. The minimum atomic E-state index is -5.61. The molecular formula is C21H37N7O29S7. The van der Waals surface area contributed by atoms with Gasteiger partial charge in [-0.05, 0) is 0 Å². The molecule has 0 unspecified atom stereocenters. The summed E-state index contributed by atoms with van der Waals surface area (Å²) in [7, 11) is -37.9. The van der Waals surface area contributed by atoms with Crippen molar-refractivity contribution in [2.45, 2.75) is 42.3 Å². The van der Waals surface area contributed by atoms with Crippen molar-refractivity contribution in [2.75, 3.05) is 40.3 Å². The molecule has 0 spiro atoms. The number of hydrogen-bond acceptors (Lipinski definition) is 22. The molecule has 0 fully saturated rings. The Kier molecular flexibility index (Phi) is 21.1. The first-order valence-corrected chi connectivity index (χ1v) is 27.0. The Balaban J connectivity index is 7.02. The molecule has 0 aliphatic carbocycles. The van der Waals surface area contributed by atoms with E-state index in [1.165, 1.54) is 31.9 Å². The molecule has 0 aromatic heterocycles. The first kappa shape index (κ1) is 59.6. The highest BCUT2D eigenvalue weighted by Crippen LogP contribution is 2.04. The minimum absolute atomic E-state index is 1.32. The fraction of sp³-hybridized carbons (Fsp3) is 0.667. The molecule has 0 aliphatic rings. The zero-order valence-electron chi connectivity index (χ0n) is 31.1. The molecule has 64 heavy (non-hydrogen) atoms. The standard InChI is InChI=1S/C21H37N7O29S7/c22-8(1-58(37,38)39)15(29)23-9(2-59(40,41)42)16(30)24-10(3-60(43,44)45)17(31)25-11(4-61(46,47)48)18(32)26-12(5-62(49,50)51)19(33)27-13(6-63(52,53)54)20(34)28-14(21(35)36)7-64(55,56)57/h8-14H,1-7,22H2,(H,23,29)(H,24,30)(H,25,31)(H,26,32)(H,27,33)(H,28,34)(H,35,36)(H,37,38,39)(H,40,41,42)(H,43,44,45)(H,46,47,48)(H,49,50,51)(H,52,53,54)(H,55,56,57)/t8-,9-,10-,11-,12-,13-,14-/m1/s1. The molecule has 36 nitrogen and oxygen atoms in total. The Morgan fingerprint density at radius 1 is 0.312 bits per heavy atom. The second-order valence-electron chi connectivity index (χ2n) is 12.6. The van der Waals surface area contributed by atoms with Crippen LogP contribution in [0.1, 0.15) is 0 Å². The maximum Gasteiger partial charge on any atom is 0.327 e. The third-order valence-corrected chi connectivity index (χ3v) is 12.1. The summed E-state index contributed by atoms with van der Waals surface area (Å²) in [4.78, 5) is 89.0. The van der Waals surface area contributed by atoms with Gasteiger partial charge in [0.05, 0.1) is 5.75 Å². The molecule has 0 rings (SSSR count). The predicted molar refractivity (Wildman–Crippen MR) is 202 cm³/mol. The zero-order chi connectivity index (χ0) is 50.8. The van der Waals surface area contributed by atoms with E-state index >= 15 is 0 Å². The second-order valence-corrected chi connectivity index (χ2v) is 23.0. The van der Waals surface area contributed by atoms with Gasteiger partial charge in [-0.2, -0.15) is 58.9 Å². The first-order chi connectivity index (χ1) is 28.3. The van der Waals surface area contributed by atoms with Crippen molar-refractivity contribution in [1.29, 1.82) is 0 Å². The molecule has 7 atom stereocenters. The summed E-state index contributed by atoms with van der Waals surface area (Å²) in [5.41, 5.74) is 5.23. The van der Waals surface area contributed by atoms with Crippen LogP contribution in [0.4, 0.5) is 0 Å². The lowest BCUT2D eigenvalue weighted by molar-refractivity contribution is -0.141. The molecule has 0 radical (unpaired) electrons. The van der Waals surface area contributed by atoms with Crippen LogP contribution < -0.4 is 37.6 Å². The topological polar surface area (TPSA) is 619 Å². The van der Waals surface area contributed by atoms with Gasteiger partial charge in [-0.15, -0.1) is 0 Å². The average molecular weight is 1080 g/mol. The summed E-state index contributed by atoms with van der Waals surface area (Å²) in [6.07, 6.45) is 0. The number of rotatable bonds is 27. The van der Waals surface area contributed by atoms with Crippen LogP contribution in [0, 0.1) is 0 Å². The van der Waals surface area contributed by atoms with E-state index in [1.54, 1.807) is 0 Å². The lowest BCUT2D eigenvalue weighted by atomic mass is 10.2. The van der Waals surface area contributed by atoms with Crippen molar-refractivity contribution < 1.29 is 129 Å². The number of aliphatic carboxylic acids is 1. The molecule has 0 aromatic rings. The van der Waals surface area contributed by atoms with E-state index in [2.05, 4.69) is 0 Å². The maximum atomic E-state index is 13.2. The van der Waals surface area contributed by atoms with Crippen LogP contribution in [0.15, 0.2) is 0 Å². The lowest BCUT2D eigenvalue weighted by Gasteiger charge is -2.26. The third-order valence-electron chi connectivity index (χ3n) is 6.77. The van der Waals surface area contributed by atoms with Crippen molar-refractivity contribution in [3.05, 3.63) is 0 Å². The highest BCUT2D eigenvalue weighted by Gasteiger charge is 2.39. The van der Waals surface area contributed by atoms with Crippen molar-refractivity contribution >= 4 is 112 Å². The van der Waals surface area contributed by atoms with Crippen molar-refractivity contribution in [2.24, 2.45) is 5.73 Å². The van der Waals surface area contributed by atoms with Gasteiger partial charge in [-0.25, -0.2) is 4.79 Å². The average Bonchev–Trinajstić information content (AvgIpc) is 3.01. The summed E-state index contributed by atoms with van der Waals surface area (Å²) in [5.74, 6) is -28.1. The molecule has 16 N–H and O–H groups in total. The Morgan fingerprint density at radius 3 is 0.641 bits per heavy atom. The molecule has 0 aromatic carbocycles. The SMILES string of the molecule is N[C@H](CS(=O)(=O)O)C(=O)N[C@H](CS(=O)(=O)O)C(=O)N[C@H](CS(=O)(=O)O)C(=O)N[C@H](CS(=O)(=O)O)C(=O)N[C@H](CS(=O)(=O)O)C(=O)N[C@H](CS(=O)(=O)O)C(=O)N[C@H](CS(=O)(=O)O)C(=O)O. The number of carboxylic acid groups (broad SMARTS) is 1. The number of carbonyl (C=O) groups excluding carboxylic acids is 6.